The van der Waals surface area contributed by atoms with Crippen molar-refractivity contribution < 1.29 is 0 Å². The van der Waals surface area contributed by atoms with Gasteiger partial charge in [0.2, 0.25) is 0 Å². The van der Waals surface area contributed by atoms with Crippen LogP contribution in [0, 0.1) is 17.2 Å². The molecule has 0 amide bonds. The molecule has 0 atom stereocenters. The second kappa shape index (κ2) is 5.93. The molecular formula is C14H17ClN2. The molecule has 0 aliphatic heterocycles. The Labute approximate surface area is 108 Å². The van der Waals surface area contributed by atoms with Gasteiger partial charge in [0.1, 0.15) is 0 Å². The van der Waals surface area contributed by atoms with Gasteiger partial charge in [-0.05, 0) is 30.5 Å². The van der Waals surface area contributed by atoms with Crippen molar-refractivity contribution in [1.29, 1.82) is 5.26 Å². The summed E-state index contributed by atoms with van der Waals surface area (Å²) < 4.78 is 0. The van der Waals surface area contributed by atoms with Gasteiger partial charge in [-0.25, -0.2) is 0 Å². The normalized spacial score (nSPS) is 15.8. The van der Waals surface area contributed by atoms with Gasteiger partial charge in [-0.3, -0.25) is 0 Å². The Morgan fingerprint density at radius 1 is 1.35 bits per heavy atom. The average molecular weight is 249 g/mol. The highest BCUT2D eigenvalue weighted by atomic mass is 35.5. The van der Waals surface area contributed by atoms with Crippen molar-refractivity contribution in [3.63, 3.8) is 0 Å². The molecule has 1 aliphatic rings. The summed E-state index contributed by atoms with van der Waals surface area (Å²) in [6.07, 6.45) is 6.76. The standard InChI is InChI=1S/C14H17ClN2/c15-13-9-12(10-16)5-6-14(13)17-8-7-11-3-1-2-4-11/h5-6,9,11,17H,1-4,7-8H2. The first-order chi connectivity index (χ1) is 8.29. The molecule has 0 heterocycles. The Hall–Kier alpha value is -1.20. The van der Waals surface area contributed by atoms with E-state index in [0.29, 0.717) is 10.6 Å². The maximum Gasteiger partial charge on any atom is 0.0992 e. The van der Waals surface area contributed by atoms with E-state index in [1.807, 2.05) is 6.07 Å². The van der Waals surface area contributed by atoms with Gasteiger partial charge in [-0.2, -0.15) is 5.26 Å². The third kappa shape index (κ3) is 3.38. The maximum atomic E-state index is 8.74. The minimum Gasteiger partial charge on any atom is -0.384 e. The molecule has 17 heavy (non-hydrogen) atoms. The molecule has 1 aromatic carbocycles. The van der Waals surface area contributed by atoms with Gasteiger partial charge < -0.3 is 5.32 Å². The van der Waals surface area contributed by atoms with E-state index in [1.54, 1.807) is 12.1 Å². The molecule has 3 heteroatoms. The molecule has 1 N–H and O–H groups in total. The number of benzene rings is 1. The molecule has 0 bridgehead atoms. The first-order valence-electron chi connectivity index (χ1n) is 6.23. The van der Waals surface area contributed by atoms with Crippen LogP contribution in [0.25, 0.3) is 0 Å². The molecule has 0 saturated heterocycles. The molecule has 0 aromatic heterocycles. The van der Waals surface area contributed by atoms with Crippen LogP contribution in [0.1, 0.15) is 37.7 Å². The van der Waals surface area contributed by atoms with Crippen LogP contribution in [0.4, 0.5) is 5.69 Å². The Bertz CT molecular complexity index is 417. The predicted molar refractivity (Wildman–Crippen MR) is 71.2 cm³/mol. The van der Waals surface area contributed by atoms with Crippen LogP contribution in [-0.4, -0.2) is 6.54 Å². The fourth-order valence-electron chi connectivity index (χ4n) is 2.44. The fraction of sp³-hybridized carbons (Fsp3) is 0.500. The lowest BCUT2D eigenvalue weighted by Gasteiger charge is -2.11. The number of hydrogen-bond acceptors (Lipinski definition) is 2. The molecule has 1 saturated carbocycles. The summed E-state index contributed by atoms with van der Waals surface area (Å²) in [6.45, 7) is 0.969. The first kappa shape index (κ1) is 12.3. The van der Waals surface area contributed by atoms with Crippen molar-refractivity contribution in [1.82, 2.24) is 0 Å². The van der Waals surface area contributed by atoms with Gasteiger partial charge >= 0.3 is 0 Å². The van der Waals surface area contributed by atoms with E-state index in [9.17, 15) is 0 Å². The number of halogens is 1. The van der Waals surface area contributed by atoms with Crippen molar-refractivity contribution in [3.8, 4) is 6.07 Å². The van der Waals surface area contributed by atoms with Crippen LogP contribution in [0.5, 0.6) is 0 Å². The summed E-state index contributed by atoms with van der Waals surface area (Å²) in [6, 6.07) is 7.47. The molecule has 0 spiro atoms. The summed E-state index contributed by atoms with van der Waals surface area (Å²) in [7, 11) is 0. The zero-order valence-corrected chi connectivity index (χ0v) is 10.6. The van der Waals surface area contributed by atoms with Gasteiger partial charge in [0, 0.05) is 6.54 Å². The summed E-state index contributed by atoms with van der Waals surface area (Å²) in [5, 5.41) is 12.7. The summed E-state index contributed by atoms with van der Waals surface area (Å²) in [5.41, 5.74) is 1.54. The monoisotopic (exact) mass is 248 g/mol. The number of nitrogens with one attached hydrogen (secondary N) is 1. The largest absolute Gasteiger partial charge is 0.384 e. The van der Waals surface area contributed by atoms with E-state index in [1.165, 1.54) is 32.1 Å². The fourth-order valence-corrected chi connectivity index (χ4v) is 2.69. The third-order valence-corrected chi connectivity index (χ3v) is 3.75. The second-order valence-corrected chi connectivity index (χ2v) is 5.08. The molecule has 1 aromatic rings. The van der Waals surface area contributed by atoms with Crippen LogP contribution >= 0.6 is 11.6 Å². The van der Waals surface area contributed by atoms with E-state index in [0.717, 1.165) is 18.2 Å². The number of rotatable bonds is 4. The van der Waals surface area contributed by atoms with Gasteiger partial charge in [-0.1, -0.05) is 37.3 Å². The predicted octanol–water partition coefficient (Wildman–Crippen LogP) is 4.20. The smallest absolute Gasteiger partial charge is 0.0992 e. The maximum absolute atomic E-state index is 8.74. The summed E-state index contributed by atoms with van der Waals surface area (Å²) >= 11 is 6.09. The quantitative estimate of drug-likeness (QED) is 0.867. The average Bonchev–Trinajstić information content (AvgIpc) is 2.84. The van der Waals surface area contributed by atoms with Crippen molar-refractivity contribution >= 4 is 17.3 Å². The molecule has 1 fully saturated rings. The molecular weight excluding hydrogens is 232 g/mol. The van der Waals surface area contributed by atoms with Crippen molar-refractivity contribution in [2.75, 3.05) is 11.9 Å². The molecule has 2 rings (SSSR count). The Kier molecular flexibility index (Phi) is 4.28. The molecule has 90 valence electrons. The molecule has 2 nitrogen and oxygen atoms in total. The zero-order chi connectivity index (χ0) is 12.1. The Morgan fingerprint density at radius 3 is 2.76 bits per heavy atom. The first-order valence-corrected chi connectivity index (χ1v) is 6.61. The van der Waals surface area contributed by atoms with Crippen LogP contribution < -0.4 is 5.32 Å². The van der Waals surface area contributed by atoms with E-state index < -0.39 is 0 Å². The highest BCUT2D eigenvalue weighted by molar-refractivity contribution is 6.33. The van der Waals surface area contributed by atoms with Crippen molar-refractivity contribution in [3.05, 3.63) is 28.8 Å². The van der Waals surface area contributed by atoms with Crippen LogP contribution in [0.3, 0.4) is 0 Å². The number of nitrogens with zero attached hydrogens (tertiary/aromatic N) is 1. The van der Waals surface area contributed by atoms with Crippen LogP contribution in [0.15, 0.2) is 18.2 Å². The Balaban J connectivity index is 1.84. The van der Waals surface area contributed by atoms with Crippen molar-refractivity contribution in [2.24, 2.45) is 5.92 Å². The lowest BCUT2D eigenvalue weighted by Crippen LogP contribution is -2.06. The summed E-state index contributed by atoms with van der Waals surface area (Å²) in [4.78, 5) is 0. The highest BCUT2D eigenvalue weighted by Gasteiger charge is 2.14. The number of anilines is 1. The number of nitriles is 1. The van der Waals surface area contributed by atoms with E-state index in [4.69, 9.17) is 16.9 Å². The summed E-state index contributed by atoms with van der Waals surface area (Å²) in [5.74, 6) is 0.889. The second-order valence-electron chi connectivity index (χ2n) is 4.67. The van der Waals surface area contributed by atoms with Crippen molar-refractivity contribution in [2.45, 2.75) is 32.1 Å². The van der Waals surface area contributed by atoms with Crippen LogP contribution in [-0.2, 0) is 0 Å². The van der Waals surface area contributed by atoms with Gasteiger partial charge in [0.05, 0.1) is 22.3 Å². The molecule has 0 unspecified atom stereocenters. The topological polar surface area (TPSA) is 35.8 Å². The van der Waals surface area contributed by atoms with E-state index >= 15 is 0 Å². The lowest BCUT2D eigenvalue weighted by atomic mass is 10.0. The van der Waals surface area contributed by atoms with Crippen LogP contribution in [0.2, 0.25) is 5.02 Å². The minimum atomic E-state index is 0.608. The third-order valence-electron chi connectivity index (χ3n) is 3.44. The molecule has 0 radical (unpaired) electrons. The van der Waals surface area contributed by atoms with Gasteiger partial charge in [-0.15, -0.1) is 0 Å². The highest BCUT2D eigenvalue weighted by Crippen LogP contribution is 2.28. The van der Waals surface area contributed by atoms with E-state index in [-0.39, 0.29) is 0 Å². The van der Waals surface area contributed by atoms with Gasteiger partial charge in [0.15, 0.2) is 0 Å². The minimum absolute atomic E-state index is 0.608. The number of hydrogen-bond donors (Lipinski definition) is 1. The zero-order valence-electron chi connectivity index (χ0n) is 9.88. The van der Waals surface area contributed by atoms with Gasteiger partial charge in [0.25, 0.3) is 0 Å². The SMILES string of the molecule is N#Cc1ccc(NCCC2CCCC2)c(Cl)c1. The van der Waals surface area contributed by atoms with E-state index in [2.05, 4.69) is 11.4 Å². The lowest BCUT2D eigenvalue weighted by molar-refractivity contribution is 0.518. The molecule has 1 aliphatic carbocycles. The Morgan fingerprint density at radius 2 is 2.12 bits per heavy atom.